The molecule has 0 fully saturated rings. The van der Waals surface area contributed by atoms with Crippen molar-refractivity contribution in [3.8, 4) is 0 Å². The molecule has 0 saturated carbocycles. The maximum Gasteiger partial charge on any atom is 0.406 e. The molecule has 0 spiro atoms. The molecule has 2 heterocycles. The van der Waals surface area contributed by atoms with Gasteiger partial charge in [-0.3, -0.25) is 9.98 Å². The molecule has 0 saturated heterocycles. The number of imidazole rings is 1. The predicted octanol–water partition coefficient (Wildman–Crippen LogP) is 1.92. The van der Waals surface area contributed by atoms with Crippen LogP contribution in [0.25, 0.3) is 11.2 Å². The first kappa shape index (κ1) is 12.6. The number of hydrogen-bond donors (Lipinski definition) is 2. The molecule has 2 aromatic rings. The number of H-pyrrole nitrogens is 1. The van der Waals surface area contributed by atoms with E-state index in [-0.39, 0.29) is 11.6 Å². The van der Waals surface area contributed by atoms with Crippen molar-refractivity contribution < 1.29 is 13.2 Å². The van der Waals surface area contributed by atoms with E-state index in [9.17, 15) is 13.2 Å². The van der Waals surface area contributed by atoms with Gasteiger partial charge >= 0.3 is 6.18 Å². The number of aromatic amines is 1. The van der Waals surface area contributed by atoms with E-state index < -0.39 is 18.3 Å². The smallest absolute Gasteiger partial charge is 0.339 e. The SMILES string of the molecule is CC(C)c1nc2c(cnc(=N)n2CC(F)(F)F)[nH]1. The van der Waals surface area contributed by atoms with Gasteiger partial charge in [-0.2, -0.15) is 13.2 Å². The summed E-state index contributed by atoms with van der Waals surface area (Å²) in [6, 6.07) is 0. The summed E-state index contributed by atoms with van der Waals surface area (Å²) in [7, 11) is 0. The minimum absolute atomic E-state index is 0.0610. The Bertz CT molecular complexity index is 622. The number of nitrogens with zero attached hydrogens (tertiary/aromatic N) is 3. The molecule has 98 valence electrons. The van der Waals surface area contributed by atoms with Crippen LogP contribution in [0, 0.1) is 5.41 Å². The van der Waals surface area contributed by atoms with Crippen LogP contribution in [0.15, 0.2) is 6.20 Å². The van der Waals surface area contributed by atoms with Crippen LogP contribution >= 0.6 is 0 Å². The second kappa shape index (κ2) is 4.11. The van der Waals surface area contributed by atoms with Gasteiger partial charge in [0.15, 0.2) is 5.65 Å². The summed E-state index contributed by atoms with van der Waals surface area (Å²) in [4.78, 5) is 10.6. The third-order valence-electron chi connectivity index (χ3n) is 2.44. The van der Waals surface area contributed by atoms with Crippen LogP contribution in [-0.4, -0.2) is 25.7 Å². The molecule has 0 aliphatic rings. The number of hydrogen-bond acceptors (Lipinski definition) is 3. The molecule has 0 unspecified atom stereocenters. The van der Waals surface area contributed by atoms with Crippen molar-refractivity contribution in [2.75, 3.05) is 0 Å². The number of aromatic nitrogens is 4. The van der Waals surface area contributed by atoms with E-state index in [0.717, 1.165) is 4.57 Å². The van der Waals surface area contributed by atoms with Crippen molar-refractivity contribution in [1.82, 2.24) is 19.5 Å². The van der Waals surface area contributed by atoms with Gasteiger partial charge < -0.3 is 4.98 Å². The minimum Gasteiger partial charge on any atom is -0.339 e. The van der Waals surface area contributed by atoms with E-state index in [1.165, 1.54) is 6.20 Å². The third-order valence-corrected chi connectivity index (χ3v) is 2.44. The van der Waals surface area contributed by atoms with Gasteiger partial charge in [-0.25, -0.2) is 9.97 Å². The van der Waals surface area contributed by atoms with Crippen molar-refractivity contribution in [2.24, 2.45) is 0 Å². The van der Waals surface area contributed by atoms with E-state index in [2.05, 4.69) is 15.0 Å². The average molecular weight is 259 g/mol. The van der Waals surface area contributed by atoms with Crippen LogP contribution in [0.3, 0.4) is 0 Å². The maximum absolute atomic E-state index is 12.4. The number of nitrogens with one attached hydrogen (secondary N) is 2. The third kappa shape index (κ3) is 2.36. The molecule has 0 amide bonds. The van der Waals surface area contributed by atoms with Crippen molar-refractivity contribution >= 4 is 11.2 Å². The Morgan fingerprint density at radius 3 is 2.67 bits per heavy atom. The molecule has 2 N–H and O–H groups in total. The van der Waals surface area contributed by atoms with Crippen LogP contribution in [0.2, 0.25) is 0 Å². The van der Waals surface area contributed by atoms with Crippen molar-refractivity contribution in [2.45, 2.75) is 32.5 Å². The van der Waals surface area contributed by atoms with Gasteiger partial charge in [0.05, 0.1) is 6.20 Å². The quantitative estimate of drug-likeness (QED) is 0.865. The summed E-state index contributed by atoms with van der Waals surface area (Å²) >= 11 is 0. The molecule has 2 rings (SSSR count). The Morgan fingerprint density at radius 2 is 2.11 bits per heavy atom. The second-order valence-corrected chi connectivity index (χ2v) is 4.30. The molecule has 18 heavy (non-hydrogen) atoms. The first-order valence-corrected chi connectivity index (χ1v) is 5.35. The van der Waals surface area contributed by atoms with E-state index in [4.69, 9.17) is 5.41 Å². The minimum atomic E-state index is -4.41. The molecule has 0 atom stereocenters. The zero-order valence-corrected chi connectivity index (χ0v) is 9.84. The Morgan fingerprint density at radius 1 is 1.44 bits per heavy atom. The van der Waals surface area contributed by atoms with E-state index >= 15 is 0 Å². The van der Waals surface area contributed by atoms with Crippen molar-refractivity contribution in [3.05, 3.63) is 17.6 Å². The molecular formula is C10H12F3N5. The summed E-state index contributed by atoms with van der Waals surface area (Å²) < 4.78 is 38.1. The lowest BCUT2D eigenvalue weighted by Gasteiger charge is -2.09. The highest BCUT2D eigenvalue weighted by atomic mass is 19.4. The zero-order valence-electron chi connectivity index (χ0n) is 9.84. The Kier molecular flexibility index (Phi) is 2.88. The highest BCUT2D eigenvalue weighted by Gasteiger charge is 2.29. The number of alkyl halides is 3. The van der Waals surface area contributed by atoms with Gasteiger partial charge in [-0.05, 0) is 0 Å². The summed E-state index contributed by atoms with van der Waals surface area (Å²) in [5.41, 5.74) is 0.0524. The van der Waals surface area contributed by atoms with Crippen molar-refractivity contribution in [3.63, 3.8) is 0 Å². The van der Waals surface area contributed by atoms with Gasteiger partial charge in [0.2, 0.25) is 5.62 Å². The number of halogens is 3. The normalized spacial score (nSPS) is 12.6. The summed E-state index contributed by atoms with van der Waals surface area (Å²) in [5, 5.41) is 7.45. The van der Waals surface area contributed by atoms with Crippen LogP contribution in [-0.2, 0) is 6.54 Å². The molecule has 0 aliphatic carbocycles. The maximum atomic E-state index is 12.4. The summed E-state index contributed by atoms with van der Waals surface area (Å²) in [6.07, 6.45) is -3.09. The first-order valence-electron chi connectivity index (χ1n) is 5.35. The molecule has 8 heteroatoms. The van der Waals surface area contributed by atoms with Crippen LogP contribution < -0.4 is 5.62 Å². The van der Waals surface area contributed by atoms with Gasteiger partial charge in [-0.15, -0.1) is 0 Å². The monoisotopic (exact) mass is 259 g/mol. The summed E-state index contributed by atoms with van der Waals surface area (Å²) in [6.45, 7) is 2.49. The lowest BCUT2D eigenvalue weighted by Crippen LogP contribution is -2.30. The van der Waals surface area contributed by atoms with Crippen molar-refractivity contribution in [1.29, 1.82) is 5.41 Å². The molecule has 0 radical (unpaired) electrons. The summed E-state index contributed by atoms with van der Waals surface area (Å²) in [5.74, 6) is 0.638. The average Bonchev–Trinajstić information content (AvgIpc) is 2.65. The van der Waals surface area contributed by atoms with E-state index in [0.29, 0.717) is 11.3 Å². The fourth-order valence-corrected chi connectivity index (χ4v) is 1.59. The largest absolute Gasteiger partial charge is 0.406 e. The first-order chi connectivity index (χ1) is 8.28. The molecule has 0 aromatic carbocycles. The highest BCUT2D eigenvalue weighted by Crippen LogP contribution is 2.20. The van der Waals surface area contributed by atoms with Crippen LogP contribution in [0.1, 0.15) is 25.6 Å². The second-order valence-electron chi connectivity index (χ2n) is 4.30. The molecule has 0 aliphatic heterocycles. The topological polar surface area (TPSA) is 70.3 Å². The lowest BCUT2D eigenvalue weighted by atomic mass is 10.2. The van der Waals surface area contributed by atoms with Crippen LogP contribution in [0.5, 0.6) is 0 Å². The van der Waals surface area contributed by atoms with Gasteiger partial charge in [0.25, 0.3) is 0 Å². The van der Waals surface area contributed by atoms with Gasteiger partial charge in [-0.1, -0.05) is 13.8 Å². The zero-order chi connectivity index (χ0) is 13.5. The number of rotatable bonds is 2. The fraction of sp³-hybridized carbons (Fsp3) is 0.500. The molecule has 5 nitrogen and oxygen atoms in total. The van der Waals surface area contributed by atoms with Gasteiger partial charge in [0, 0.05) is 5.92 Å². The Labute approximate surface area is 100 Å². The Balaban J connectivity index is 2.63. The van der Waals surface area contributed by atoms with Gasteiger partial charge in [0.1, 0.15) is 17.9 Å². The van der Waals surface area contributed by atoms with E-state index in [1.54, 1.807) is 0 Å². The van der Waals surface area contributed by atoms with Crippen LogP contribution in [0.4, 0.5) is 13.2 Å². The fourth-order valence-electron chi connectivity index (χ4n) is 1.59. The Hall–Kier alpha value is -1.86. The molecular weight excluding hydrogens is 247 g/mol. The van der Waals surface area contributed by atoms with E-state index in [1.807, 2.05) is 13.8 Å². The predicted molar refractivity (Wildman–Crippen MR) is 57.9 cm³/mol. The standard InChI is InChI=1S/C10H12F3N5/c1-5(2)7-16-6-3-15-9(14)18(8(6)17-7)4-10(11,12)13/h3,5,14H,4H2,1-2H3,(H,16,17). The highest BCUT2D eigenvalue weighted by molar-refractivity contribution is 5.69. The molecule has 0 bridgehead atoms. The molecule has 2 aromatic heterocycles. The lowest BCUT2D eigenvalue weighted by molar-refractivity contribution is -0.140. The number of fused-ring (bicyclic) bond motifs is 1.